The minimum absolute atomic E-state index is 0.00662. The highest BCUT2D eigenvalue weighted by atomic mass is 19.1. The molecule has 0 aromatic heterocycles. The fraction of sp³-hybridized carbons (Fsp3) is 0.176. The molecular weight excluding hydrogens is 350 g/mol. The normalized spacial score (nSPS) is 10.3. The largest absolute Gasteiger partial charge is 0.452 e. The van der Waals surface area contributed by atoms with E-state index in [-0.39, 0.29) is 11.4 Å². The van der Waals surface area contributed by atoms with Crippen LogP contribution >= 0.6 is 0 Å². The summed E-state index contributed by atoms with van der Waals surface area (Å²) < 4.78 is 30.9. The molecule has 0 atom stereocenters. The van der Waals surface area contributed by atoms with Crippen molar-refractivity contribution in [1.82, 2.24) is 0 Å². The molecular formula is C17H14F2N2O5. The molecule has 2 aromatic rings. The molecule has 0 saturated heterocycles. The van der Waals surface area contributed by atoms with E-state index in [1.54, 1.807) is 19.9 Å². The number of hydrogen-bond donors (Lipinski definition) is 1. The third-order valence-electron chi connectivity index (χ3n) is 3.61. The number of aryl methyl sites for hydroxylation is 1. The number of anilines is 1. The summed E-state index contributed by atoms with van der Waals surface area (Å²) in [4.78, 5) is 34.2. The highest BCUT2D eigenvalue weighted by Crippen LogP contribution is 2.30. The first-order chi connectivity index (χ1) is 12.2. The van der Waals surface area contributed by atoms with Gasteiger partial charge in [-0.3, -0.25) is 14.9 Å². The number of nitro groups is 1. The van der Waals surface area contributed by atoms with Gasteiger partial charge in [0.25, 0.3) is 11.6 Å². The Hall–Kier alpha value is -3.36. The third-order valence-corrected chi connectivity index (χ3v) is 3.61. The summed E-state index contributed by atoms with van der Waals surface area (Å²) in [6, 6.07) is 4.90. The van der Waals surface area contributed by atoms with E-state index in [4.69, 9.17) is 0 Å². The summed E-state index contributed by atoms with van der Waals surface area (Å²) in [5.74, 6) is -3.86. The first kappa shape index (κ1) is 19.0. The Morgan fingerprint density at radius 1 is 1.15 bits per heavy atom. The van der Waals surface area contributed by atoms with Gasteiger partial charge >= 0.3 is 5.97 Å². The number of carbonyl (C=O) groups excluding carboxylic acids is 2. The smallest absolute Gasteiger partial charge is 0.338 e. The van der Waals surface area contributed by atoms with Gasteiger partial charge < -0.3 is 10.1 Å². The number of rotatable bonds is 5. The molecule has 0 aliphatic carbocycles. The molecule has 2 aromatic carbocycles. The zero-order chi connectivity index (χ0) is 19.4. The van der Waals surface area contributed by atoms with Crippen molar-refractivity contribution in [1.29, 1.82) is 0 Å². The first-order valence-electron chi connectivity index (χ1n) is 7.36. The number of nitrogens with zero attached hydrogens (tertiary/aromatic N) is 1. The number of halogens is 2. The number of nitrogens with one attached hydrogen (secondary N) is 1. The molecule has 7 nitrogen and oxygen atoms in total. The van der Waals surface area contributed by atoms with E-state index < -0.39 is 40.6 Å². The molecule has 1 amide bonds. The molecule has 0 heterocycles. The number of ether oxygens (including phenoxy) is 1. The Morgan fingerprint density at radius 3 is 2.35 bits per heavy atom. The summed E-state index contributed by atoms with van der Waals surface area (Å²) in [7, 11) is 0. The fourth-order valence-corrected chi connectivity index (χ4v) is 2.17. The van der Waals surface area contributed by atoms with Gasteiger partial charge in [0.15, 0.2) is 6.61 Å². The van der Waals surface area contributed by atoms with Gasteiger partial charge in [-0.05, 0) is 37.1 Å². The quantitative estimate of drug-likeness (QED) is 0.499. The van der Waals surface area contributed by atoms with Crippen LogP contribution in [0.2, 0.25) is 0 Å². The molecule has 0 unspecified atom stereocenters. The number of amides is 1. The van der Waals surface area contributed by atoms with Crippen LogP contribution in [0, 0.1) is 35.6 Å². The maximum atomic E-state index is 13.1. The lowest BCUT2D eigenvalue weighted by Crippen LogP contribution is -2.22. The second-order valence-electron chi connectivity index (χ2n) is 5.44. The van der Waals surface area contributed by atoms with Gasteiger partial charge in [-0.25, -0.2) is 13.6 Å². The van der Waals surface area contributed by atoms with Gasteiger partial charge in [-0.1, -0.05) is 6.07 Å². The minimum atomic E-state index is -1.10. The van der Waals surface area contributed by atoms with Crippen molar-refractivity contribution in [2.24, 2.45) is 0 Å². The van der Waals surface area contributed by atoms with Gasteiger partial charge in [0, 0.05) is 12.1 Å². The van der Waals surface area contributed by atoms with E-state index in [1.807, 2.05) is 0 Å². The Kier molecular flexibility index (Phi) is 5.61. The molecule has 1 N–H and O–H groups in total. The highest BCUT2D eigenvalue weighted by molar-refractivity contribution is 5.97. The summed E-state index contributed by atoms with van der Waals surface area (Å²) in [5, 5.41) is 13.4. The Morgan fingerprint density at radius 2 is 1.77 bits per heavy atom. The molecule has 0 aliphatic heterocycles. The maximum absolute atomic E-state index is 13.1. The Balaban J connectivity index is 2.09. The number of hydrogen-bond acceptors (Lipinski definition) is 5. The molecule has 0 spiro atoms. The third kappa shape index (κ3) is 4.38. The standard InChI is InChI=1S/C17H14F2N2O5/c1-9-3-4-14(21(24)25)16(10(9)2)20-15(22)8-26-17(23)11-5-12(18)7-13(19)6-11/h3-7H,8H2,1-2H3,(H,20,22). The molecule has 26 heavy (non-hydrogen) atoms. The van der Waals surface area contributed by atoms with Crippen LogP contribution in [0.25, 0.3) is 0 Å². The van der Waals surface area contributed by atoms with Crippen LogP contribution < -0.4 is 5.32 Å². The van der Waals surface area contributed by atoms with Crippen molar-refractivity contribution in [2.75, 3.05) is 11.9 Å². The summed E-state index contributed by atoms with van der Waals surface area (Å²) >= 11 is 0. The molecule has 0 aliphatic rings. The van der Waals surface area contributed by atoms with Crippen LogP contribution in [0.15, 0.2) is 30.3 Å². The van der Waals surface area contributed by atoms with E-state index in [0.717, 1.165) is 17.7 Å². The van der Waals surface area contributed by atoms with Crippen molar-refractivity contribution in [3.63, 3.8) is 0 Å². The molecule has 136 valence electrons. The zero-order valence-electron chi connectivity index (χ0n) is 13.8. The van der Waals surface area contributed by atoms with Crippen molar-refractivity contribution in [3.05, 3.63) is 68.8 Å². The van der Waals surface area contributed by atoms with Gasteiger partial charge in [0.05, 0.1) is 10.5 Å². The van der Waals surface area contributed by atoms with Gasteiger partial charge in [0.2, 0.25) is 0 Å². The number of esters is 1. The lowest BCUT2D eigenvalue weighted by atomic mass is 10.1. The summed E-state index contributed by atoms with van der Waals surface area (Å²) in [6.45, 7) is 2.54. The number of nitro benzene ring substituents is 1. The van der Waals surface area contributed by atoms with E-state index in [9.17, 15) is 28.5 Å². The van der Waals surface area contributed by atoms with E-state index in [2.05, 4.69) is 10.1 Å². The van der Waals surface area contributed by atoms with Gasteiger partial charge in [-0.2, -0.15) is 0 Å². The number of carbonyl (C=O) groups is 2. The van der Waals surface area contributed by atoms with E-state index in [1.165, 1.54) is 6.07 Å². The fourth-order valence-electron chi connectivity index (χ4n) is 2.17. The van der Waals surface area contributed by atoms with Crippen LogP contribution in [0.4, 0.5) is 20.2 Å². The van der Waals surface area contributed by atoms with Crippen molar-refractivity contribution >= 4 is 23.3 Å². The molecule has 0 saturated carbocycles. The first-order valence-corrected chi connectivity index (χ1v) is 7.36. The topological polar surface area (TPSA) is 98.5 Å². The SMILES string of the molecule is Cc1ccc([N+](=O)[O-])c(NC(=O)COC(=O)c2cc(F)cc(F)c2)c1C. The zero-order valence-corrected chi connectivity index (χ0v) is 13.8. The van der Waals surface area contributed by atoms with Gasteiger partial charge in [-0.15, -0.1) is 0 Å². The highest BCUT2D eigenvalue weighted by Gasteiger charge is 2.20. The average molecular weight is 364 g/mol. The summed E-state index contributed by atoms with van der Waals surface area (Å²) in [5.41, 5.74) is 0.505. The second kappa shape index (κ2) is 7.68. The molecule has 2 rings (SSSR count). The molecule has 0 bridgehead atoms. The van der Waals surface area contributed by atoms with Crippen LogP contribution in [0.1, 0.15) is 21.5 Å². The van der Waals surface area contributed by atoms with Crippen LogP contribution in [-0.4, -0.2) is 23.4 Å². The predicted octanol–water partition coefficient (Wildman–Crippen LogP) is 3.29. The molecule has 0 fully saturated rings. The second-order valence-corrected chi connectivity index (χ2v) is 5.44. The van der Waals surface area contributed by atoms with Crippen LogP contribution in [0.3, 0.4) is 0 Å². The van der Waals surface area contributed by atoms with Gasteiger partial charge in [0.1, 0.15) is 17.3 Å². The van der Waals surface area contributed by atoms with Crippen LogP contribution in [-0.2, 0) is 9.53 Å². The van der Waals surface area contributed by atoms with Crippen molar-refractivity contribution in [3.8, 4) is 0 Å². The lowest BCUT2D eigenvalue weighted by molar-refractivity contribution is -0.384. The van der Waals surface area contributed by atoms with Crippen molar-refractivity contribution < 1.29 is 28.0 Å². The summed E-state index contributed by atoms with van der Waals surface area (Å²) in [6.07, 6.45) is 0. The average Bonchev–Trinajstić information content (AvgIpc) is 2.55. The molecule has 9 heteroatoms. The Bertz CT molecular complexity index is 879. The predicted molar refractivity (Wildman–Crippen MR) is 87.8 cm³/mol. The van der Waals surface area contributed by atoms with Crippen LogP contribution in [0.5, 0.6) is 0 Å². The maximum Gasteiger partial charge on any atom is 0.338 e. The molecule has 0 radical (unpaired) electrons. The minimum Gasteiger partial charge on any atom is -0.452 e. The lowest BCUT2D eigenvalue weighted by Gasteiger charge is -2.11. The Labute approximate surface area is 146 Å². The van der Waals surface area contributed by atoms with E-state index in [0.29, 0.717) is 11.6 Å². The monoisotopic (exact) mass is 364 g/mol. The number of benzene rings is 2. The van der Waals surface area contributed by atoms with E-state index >= 15 is 0 Å². The van der Waals surface area contributed by atoms with Crippen molar-refractivity contribution in [2.45, 2.75) is 13.8 Å².